The van der Waals surface area contributed by atoms with Gasteiger partial charge in [0.2, 0.25) is 5.78 Å². The highest BCUT2D eigenvalue weighted by atomic mass is 16.5. The maximum Gasteiger partial charge on any atom is 0.329 e. The van der Waals surface area contributed by atoms with Crippen molar-refractivity contribution in [3.8, 4) is 0 Å². The van der Waals surface area contributed by atoms with Crippen LogP contribution in [-0.2, 0) is 9.53 Å². The van der Waals surface area contributed by atoms with Crippen LogP contribution >= 0.6 is 0 Å². The number of Topliss-reactive ketones (excluding diaryl/α,β-unsaturated/α-hetero) is 2. The Hall–Kier alpha value is -3.42. The van der Waals surface area contributed by atoms with E-state index in [-0.39, 0.29) is 11.5 Å². The molecule has 0 saturated carbocycles. The van der Waals surface area contributed by atoms with Gasteiger partial charge in [0.15, 0.2) is 11.9 Å². The van der Waals surface area contributed by atoms with Crippen LogP contribution in [0.3, 0.4) is 0 Å². The molecule has 2 atom stereocenters. The molecule has 0 aliphatic rings. The number of urea groups is 1. The largest absolute Gasteiger partial charge is 0.453 e. The van der Waals surface area contributed by atoms with E-state index in [1.165, 1.54) is 20.8 Å². The molecule has 0 saturated heterocycles. The van der Waals surface area contributed by atoms with E-state index in [0.29, 0.717) is 22.5 Å². The second kappa shape index (κ2) is 9.18. The van der Waals surface area contributed by atoms with E-state index in [2.05, 4.69) is 15.6 Å². The second-order valence-corrected chi connectivity index (χ2v) is 6.81. The first-order valence-corrected chi connectivity index (χ1v) is 9.19. The number of carbonyl (C=O) groups excluding carboxylic acids is 4. The second-order valence-electron chi connectivity index (χ2n) is 6.81. The van der Waals surface area contributed by atoms with Crippen LogP contribution in [-0.4, -0.2) is 40.7 Å². The number of benzene rings is 1. The van der Waals surface area contributed by atoms with Gasteiger partial charge in [-0.25, -0.2) is 9.59 Å². The number of amides is 2. The molecule has 2 aromatic rings. The zero-order valence-electron chi connectivity index (χ0n) is 17.1. The van der Waals surface area contributed by atoms with Gasteiger partial charge in [-0.2, -0.15) is 0 Å². The maximum absolute atomic E-state index is 12.7. The van der Waals surface area contributed by atoms with E-state index in [1.54, 1.807) is 38.1 Å². The molecule has 154 valence electrons. The third-order valence-corrected chi connectivity index (χ3v) is 4.43. The van der Waals surface area contributed by atoms with Crippen LogP contribution in [0.2, 0.25) is 0 Å². The SMILES string of the molecule is CC(=O)c1c(C)[nH]c(C(=O)[C@H](C)OC(=O)[C@H](C)NC(=O)Nc2ccccc2)c1C. The van der Waals surface area contributed by atoms with Crippen molar-refractivity contribution < 1.29 is 23.9 Å². The summed E-state index contributed by atoms with van der Waals surface area (Å²) in [6, 6.07) is 7.23. The van der Waals surface area contributed by atoms with E-state index < -0.39 is 29.9 Å². The summed E-state index contributed by atoms with van der Waals surface area (Å²) in [5, 5.41) is 5.06. The summed E-state index contributed by atoms with van der Waals surface area (Å²) in [4.78, 5) is 51.5. The summed E-state index contributed by atoms with van der Waals surface area (Å²) in [7, 11) is 0. The minimum absolute atomic E-state index is 0.151. The Morgan fingerprint density at radius 2 is 1.66 bits per heavy atom. The highest BCUT2D eigenvalue weighted by Gasteiger charge is 2.27. The Bertz CT molecular complexity index is 933. The number of anilines is 1. The first-order valence-electron chi connectivity index (χ1n) is 9.19. The average molecular weight is 399 g/mol. The lowest BCUT2D eigenvalue weighted by Gasteiger charge is -2.17. The van der Waals surface area contributed by atoms with Gasteiger partial charge in [0.05, 0.1) is 5.69 Å². The van der Waals surface area contributed by atoms with Crippen LogP contribution in [0.4, 0.5) is 10.5 Å². The summed E-state index contributed by atoms with van der Waals surface area (Å²) in [5.41, 5.74) is 2.38. The van der Waals surface area contributed by atoms with Crippen molar-refractivity contribution in [3.63, 3.8) is 0 Å². The van der Waals surface area contributed by atoms with E-state index in [0.717, 1.165) is 0 Å². The van der Waals surface area contributed by atoms with E-state index in [9.17, 15) is 19.2 Å². The topological polar surface area (TPSA) is 117 Å². The number of ether oxygens (including phenoxy) is 1. The molecular weight excluding hydrogens is 374 g/mol. The molecule has 2 amide bonds. The average Bonchev–Trinajstić information content (AvgIpc) is 2.95. The van der Waals surface area contributed by atoms with Crippen molar-refractivity contribution in [3.05, 3.63) is 52.8 Å². The van der Waals surface area contributed by atoms with E-state index >= 15 is 0 Å². The van der Waals surface area contributed by atoms with Crippen molar-refractivity contribution in [2.24, 2.45) is 0 Å². The first-order chi connectivity index (χ1) is 13.6. The molecule has 0 radical (unpaired) electrons. The van der Waals surface area contributed by atoms with Gasteiger partial charge in [0.25, 0.3) is 0 Å². The normalized spacial score (nSPS) is 12.6. The highest BCUT2D eigenvalue weighted by Crippen LogP contribution is 2.20. The van der Waals surface area contributed by atoms with Crippen molar-refractivity contribution in [2.45, 2.75) is 46.8 Å². The molecule has 0 fully saturated rings. The Kier molecular flexibility index (Phi) is 6.93. The number of para-hydroxylation sites is 1. The molecule has 0 aliphatic heterocycles. The van der Waals surface area contributed by atoms with Crippen LogP contribution < -0.4 is 10.6 Å². The zero-order valence-corrected chi connectivity index (χ0v) is 17.1. The Balaban J connectivity index is 1.97. The summed E-state index contributed by atoms with van der Waals surface area (Å²) in [6.45, 7) is 7.70. The van der Waals surface area contributed by atoms with Crippen LogP contribution in [0.5, 0.6) is 0 Å². The Morgan fingerprint density at radius 3 is 2.21 bits per heavy atom. The number of carbonyl (C=O) groups is 4. The summed E-state index contributed by atoms with van der Waals surface area (Å²) in [5.74, 6) is -1.35. The van der Waals surface area contributed by atoms with Crippen molar-refractivity contribution in [1.29, 1.82) is 0 Å². The van der Waals surface area contributed by atoms with Gasteiger partial charge in [-0.15, -0.1) is 0 Å². The molecule has 0 aliphatic carbocycles. The van der Waals surface area contributed by atoms with Gasteiger partial charge in [-0.3, -0.25) is 9.59 Å². The number of rotatable bonds is 7. The van der Waals surface area contributed by atoms with Crippen molar-refractivity contribution >= 4 is 29.3 Å². The minimum atomic E-state index is -1.08. The Morgan fingerprint density at radius 1 is 1.03 bits per heavy atom. The molecule has 29 heavy (non-hydrogen) atoms. The number of hydrogen-bond donors (Lipinski definition) is 3. The van der Waals surface area contributed by atoms with Gasteiger partial charge in [0, 0.05) is 16.9 Å². The molecule has 1 heterocycles. The number of H-pyrrole nitrogens is 1. The summed E-state index contributed by atoms with van der Waals surface area (Å²) >= 11 is 0. The molecule has 0 unspecified atom stereocenters. The van der Waals surface area contributed by atoms with Gasteiger partial charge >= 0.3 is 12.0 Å². The molecule has 1 aromatic heterocycles. The fraction of sp³-hybridized carbons (Fsp3) is 0.333. The quantitative estimate of drug-likeness (QED) is 0.488. The number of aromatic amines is 1. The fourth-order valence-corrected chi connectivity index (χ4v) is 3.00. The number of nitrogens with one attached hydrogen (secondary N) is 3. The van der Waals surface area contributed by atoms with Gasteiger partial charge < -0.3 is 20.4 Å². The lowest BCUT2D eigenvalue weighted by molar-refractivity contribution is -0.148. The lowest BCUT2D eigenvalue weighted by atomic mass is 10.0. The van der Waals surface area contributed by atoms with E-state index in [1.807, 2.05) is 6.07 Å². The number of ketones is 2. The van der Waals surface area contributed by atoms with Gasteiger partial charge in [-0.1, -0.05) is 18.2 Å². The molecule has 8 nitrogen and oxygen atoms in total. The predicted octanol–water partition coefficient (Wildman–Crippen LogP) is 3.16. The van der Waals surface area contributed by atoms with Crippen LogP contribution in [0.15, 0.2) is 30.3 Å². The third kappa shape index (κ3) is 5.31. The number of aromatic nitrogens is 1. The van der Waals surface area contributed by atoms with Crippen LogP contribution in [0.25, 0.3) is 0 Å². The van der Waals surface area contributed by atoms with Crippen LogP contribution in [0, 0.1) is 13.8 Å². The fourth-order valence-electron chi connectivity index (χ4n) is 3.00. The molecule has 1 aromatic carbocycles. The summed E-state index contributed by atoms with van der Waals surface area (Å²) < 4.78 is 5.21. The first kappa shape index (κ1) is 21.9. The number of aryl methyl sites for hydroxylation is 1. The van der Waals surface area contributed by atoms with Crippen LogP contribution in [0.1, 0.15) is 52.9 Å². The number of esters is 1. The van der Waals surface area contributed by atoms with Gasteiger partial charge in [-0.05, 0) is 52.3 Å². The molecule has 0 bridgehead atoms. The number of hydrogen-bond acceptors (Lipinski definition) is 5. The minimum Gasteiger partial charge on any atom is -0.453 e. The zero-order chi connectivity index (χ0) is 21.7. The lowest BCUT2D eigenvalue weighted by Crippen LogP contribution is -2.43. The third-order valence-electron chi connectivity index (χ3n) is 4.43. The highest BCUT2D eigenvalue weighted by molar-refractivity contribution is 6.05. The van der Waals surface area contributed by atoms with E-state index in [4.69, 9.17) is 4.74 Å². The monoisotopic (exact) mass is 399 g/mol. The predicted molar refractivity (Wildman–Crippen MR) is 108 cm³/mol. The standard InChI is InChI=1S/C21H25N3O5/c1-11-17(14(4)25)12(2)22-18(11)19(26)15(5)29-20(27)13(3)23-21(28)24-16-9-7-6-8-10-16/h6-10,13,15,22H,1-5H3,(H2,23,24,28)/t13-,15-/m0/s1. The molecule has 3 N–H and O–H groups in total. The molecular formula is C21H25N3O5. The van der Waals surface area contributed by atoms with Gasteiger partial charge in [0.1, 0.15) is 6.04 Å². The smallest absolute Gasteiger partial charge is 0.329 e. The molecule has 0 spiro atoms. The van der Waals surface area contributed by atoms with Crippen molar-refractivity contribution in [1.82, 2.24) is 10.3 Å². The molecule has 8 heteroatoms. The molecule has 2 rings (SSSR count). The van der Waals surface area contributed by atoms with Crippen molar-refractivity contribution in [2.75, 3.05) is 5.32 Å². The Labute approximate surface area is 169 Å². The summed E-state index contributed by atoms with van der Waals surface area (Å²) in [6.07, 6.45) is -1.08. The maximum atomic E-state index is 12.7.